The van der Waals surface area contributed by atoms with Crippen LogP contribution in [-0.2, 0) is 0 Å². The van der Waals surface area contributed by atoms with Crippen LogP contribution in [0.25, 0.3) is 16.9 Å². The van der Waals surface area contributed by atoms with Gasteiger partial charge in [-0.05, 0) is 54.4 Å². The number of aromatic amines is 1. The van der Waals surface area contributed by atoms with Crippen LogP contribution in [0, 0.1) is 13.0 Å². The molecule has 0 atom stereocenters. The highest BCUT2D eigenvalue weighted by atomic mass is 15.3. The second-order valence-corrected chi connectivity index (χ2v) is 5.53. The number of aryl methyl sites for hydroxylation is 1. The van der Waals surface area contributed by atoms with Gasteiger partial charge in [0.1, 0.15) is 0 Å². The van der Waals surface area contributed by atoms with Gasteiger partial charge in [-0.3, -0.25) is 5.10 Å². The summed E-state index contributed by atoms with van der Waals surface area (Å²) in [6.45, 7) is 2.04. The first-order valence-electron chi connectivity index (χ1n) is 7.69. The molecule has 5 heteroatoms. The van der Waals surface area contributed by atoms with Crippen molar-refractivity contribution in [1.82, 2.24) is 20.0 Å². The van der Waals surface area contributed by atoms with Crippen molar-refractivity contribution in [1.29, 1.82) is 0 Å². The molecule has 5 nitrogen and oxygen atoms in total. The number of hydrogen-bond donors (Lipinski definition) is 2. The Labute approximate surface area is 140 Å². The van der Waals surface area contributed by atoms with Gasteiger partial charge in [0, 0.05) is 24.1 Å². The van der Waals surface area contributed by atoms with Crippen LogP contribution in [0.5, 0.6) is 0 Å². The molecular weight excluding hydrogens is 298 g/mol. The number of nitrogens with one attached hydrogen (secondary N) is 2. The Kier molecular flexibility index (Phi) is 3.59. The molecule has 24 heavy (non-hydrogen) atoms. The summed E-state index contributed by atoms with van der Waals surface area (Å²) in [5.74, 6) is 0.787. The third-order valence-corrected chi connectivity index (χ3v) is 3.86. The van der Waals surface area contributed by atoms with Crippen molar-refractivity contribution < 1.29 is 0 Å². The van der Waals surface area contributed by atoms with E-state index in [1.54, 1.807) is 6.20 Å². The molecule has 0 amide bonds. The van der Waals surface area contributed by atoms with Crippen molar-refractivity contribution in [2.24, 2.45) is 0 Å². The topological polar surface area (TPSA) is 58.5 Å². The molecule has 0 unspecified atom stereocenters. The Hall–Kier alpha value is -3.34. The van der Waals surface area contributed by atoms with Gasteiger partial charge in [0.15, 0.2) is 5.82 Å². The van der Waals surface area contributed by atoms with E-state index in [0.29, 0.717) is 0 Å². The molecule has 0 aliphatic rings. The van der Waals surface area contributed by atoms with Gasteiger partial charge in [0.25, 0.3) is 0 Å². The molecule has 2 heterocycles. The largest absolute Gasteiger partial charge is 0.339 e. The van der Waals surface area contributed by atoms with Crippen LogP contribution < -0.4 is 5.32 Å². The molecule has 2 aromatic heterocycles. The normalized spacial score (nSPS) is 10.7. The number of benzene rings is 2. The van der Waals surface area contributed by atoms with Crippen LogP contribution in [0.3, 0.4) is 0 Å². The predicted octanol–water partition coefficient (Wildman–Crippen LogP) is 4.11. The zero-order chi connectivity index (χ0) is 16.4. The van der Waals surface area contributed by atoms with Crippen LogP contribution >= 0.6 is 0 Å². The van der Waals surface area contributed by atoms with Crippen molar-refractivity contribution >= 4 is 11.5 Å². The maximum atomic E-state index is 4.34. The van der Waals surface area contributed by atoms with Gasteiger partial charge < -0.3 is 5.32 Å². The summed E-state index contributed by atoms with van der Waals surface area (Å²) in [6.07, 6.45) is 3.69. The summed E-state index contributed by atoms with van der Waals surface area (Å²) in [5.41, 5.74) is 5.22. The molecule has 1 radical (unpaired) electrons. The average Bonchev–Trinajstić information content (AvgIpc) is 3.29. The fourth-order valence-corrected chi connectivity index (χ4v) is 2.54. The molecule has 0 saturated heterocycles. The van der Waals surface area contributed by atoms with Crippen LogP contribution in [0.4, 0.5) is 11.5 Å². The number of aromatic nitrogens is 4. The number of hydrogen-bond acceptors (Lipinski definition) is 3. The number of nitrogens with zero attached hydrogens (tertiary/aromatic N) is 3. The third-order valence-electron chi connectivity index (χ3n) is 3.86. The maximum Gasteiger partial charge on any atom is 0.152 e. The first-order valence-corrected chi connectivity index (χ1v) is 7.69. The average molecular weight is 314 g/mol. The summed E-state index contributed by atoms with van der Waals surface area (Å²) < 4.78 is 1.83. The van der Waals surface area contributed by atoms with Crippen molar-refractivity contribution in [2.45, 2.75) is 6.92 Å². The zero-order valence-corrected chi connectivity index (χ0v) is 13.2. The monoisotopic (exact) mass is 314 g/mol. The Morgan fingerprint density at radius 3 is 2.79 bits per heavy atom. The Bertz CT molecular complexity index is 936. The molecule has 0 spiro atoms. The molecule has 2 N–H and O–H groups in total. The first-order chi connectivity index (χ1) is 11.8. The van der Waals surface area contributed by atoms with Gasteiger partial charge in [0.05, 0.1) is 11.4 Å². The van der Waals surface area contributed by atoms with E-state index in [1.165, 1.54) is 0 Å². The van der Waals surface area contributed by atoms with E-state index in [0.717, 1.165) is 34.0 Å². The van der Waals surface area contributed by atoms with Crippen LogP contribution in [0.2, 0.25) is 0 Å². The van der Waals surface area contributed by atoms with E-state index in [-0.39, 0.29) is 0 Å². The lowest BCUT2D eigenvalue weighted by Gasteiger charge is -2.05. The number of H-pyrrole nitrogens is 1. The summed E-state index contributed by atoms with van der Waals surface area (Å²) in [4.78, 5) is 0. The SMILES string of the molecule is Cc1c[c]ccc1Nc1cc(-c2ccc(-n3cccn3)cc2)[nH]n1. The molecule has 2 aromatic carbocycles. The number of rotatable bonds is 4. The second kappa shape index (κ2) is 6.04. The van der Waals surface area contributed by atoms with Crippen molar-refractivity contribution in [3.05, 3.63) is 78.6 Å². The molecule has 117 valence electrons. The lowest BCUT2D eigenvalue weighted by atomic mass is 10.1. The second-order valence-electron chi connectivity index (χ2n) is 5.53. The van der Waals surface area contributed by atoms with Crippen LogP contribution in [0.1, 0.15) is 5.56 Å². The van der Waals surface area contributed by atoms with Crippen LogP contribution in [-0.4, -0.2) is 20.0 Å². The fourth-order valence-electron chi connectivity index (χ4n) is 2.54. The van der Waals surface area contributed by atoms with E-state index in [9.17, 15) is 0 Å². The Morgan fingerprint density at radius 1 is 1.17 bits per heavy atom. The highest BCUT2D eigenvalue weighted by Gasteiger charge is 2.06. The minimum atomic E-state index is 0.787. The summed E-state index contributed by atoms with van der Waals surface area (Å²) in [5, 5.41) is 15.0. The summed E-state index contributed by atoms with van der Waals surface area (Å²) in [6, 6.07) is 21.0. The van der Waals surface area contributed by atoms with Gasteiger partial charge >= 0.3 is 0 Å². The molecule has 4 rings (SSSR count). The molecule has 4 aromatic rings. The smallest absolute Gasteiger partial charge is 0.152 e. The van der Waals surface area contributed by atoms with Gasteiger partial charge in [-0.2, -0.15) is 10.2 Å². The standard InChI is InChI=1S/C19H16N5/c1-14-5-2-3-6-17(14)21-19-13-18(22-23-19)15-7-9-16(10-8-15)24-12-4-11-20-24/h3-13H,1H3,(H2,21,22,23). The number of anilines is 2. The van der Waals surface area contributed by atoms with E-state index in [1.807, 2.05) is 60.3 Å². The van der Waals surface area contributed by atoms with Crippen molar-refractivity contribution in [3.63, 3.8) is 0 Å². The summed E-state index contributed by atoms with van der Waals surface area (Å²) >= 11 is 0. The zero-order valence-electron chi connectivity index (χ0n) is 13.2. The van der Waals surface area contributed by atoms with E-state index >= 15 is 0 Å². The highest BCUT2D eigenvalue weighted by Crippen LogP contribution is 2.24. The van der Waals surface area contributed by atoms with Crippen molar-refractivity contribution in [3.8, 4) is 16.9 Å². The molecule has 0 fully saturated rings. The first kappa shape index (κ1) is 14.3. The molecule has 0 bridgehead atoms. The predicted molar refractivity (Wildman–Crippen MR) is 94.4 cm³/mol. The fraction of sp³-hybridized carbons (Fsp3) is 0.0526. The lowest BCUT2D eigenvalue weighted by Crippen LogP contribution is -1.93. The highest BCUT2D eigenvalue weighted by molar-refractivity contribution is 5.67. The third kappa shape index (κ3) is 2.79. The van der Waals surface area contributed by atoms with Crippen molar-refractivity contribution in [2.75, 3.05) is 5.32 Å². The molecule has 0 saturated carbocycles. The molecular formula is C19H16N5. The van der Waals surface area contributed by atoms with E-state index in [4.69, 9.17) is 0 Å². The molecule has 0 aliphatic carbocycles. The minimum Gasteiger partial charge on any atom is -0.339 e. The van der Waals surface area contributed by atoms with E-state index < -0.39 is 0 Å². The van der Waals surface area contributed by atoms with E-state index in [2.05, 4.69) is 38.8 Å². The Balaban J connectivity index is 1.55. The maximum absolute atomic E-state index is 4.34. The quantitative estimate of drug-likeness (QED) is 0.596. The van der Waals surface area contributed by atoms with Crippen LogP contribution in [0.15, 0.2) is 67.0 Å². The minimum absolute atomic E-state index is 0.787. The van der Waals surface area contributed by atoms with Gasteiger partial charge in [0.2, 0.25) is 0 Å². The van der Waals surface area contributed by atoms with Gasteiger partial charge in [-0.1, -0.05) is 18.2 Å². The Morgan fingerprint density at radius 2 is 2.04 bits per heavy atom. The van der Waals surface area contributed by atoms with Gasteiger partial charge in [-0.25, -0.2) is 4.68 Å². The lowest BCUT2D eigenvalue weighted by molar-refractivity contribution is 0.880. The van der Waals surface area contributed by atoms with Gasteiger partial charge in [-0.15, -0.1) is 0 Å². The molecule has 0 aliphatic heterocycles. The summed E-state index contributed by atoms with van der Waals surface area (Å²) in [7, 11) is 0.